The molecule has 0 bridgehead atoms. The molecule has 0 aliphatic carbocycles. The third-order valence-electron chi connectivity index (χ3n) is 5.61. The smallest absolute Gasteiger partial charge is 0.297 e. The zero-order chi connectivity index (χ0) is 36.1. The molecule has 8 atom stereocenters. The Morgan fingerprint density at radius 1 is 0.694 bits per heavy atom. The van der Waals surface area contributed by atoms with E-state index in [2.05, 4.69) is 147 Å². The van der Waals surface area contributed by atoms with E-state index in [1.165, 1.54) is 0 Å². The fourth-order valence-electron chi connectivity index (χ4n) is 3.34. The third kappa shape index (κ3) is 18.0. The van der Waals surface area contributed by atoms with Gasteiger partial charge in [0.25, 0.3) is 5.91 Å². The molecule has 49 heavy (non-hydrogen) atoms. The quantitative estimate of drug-likeness (QED) is 0.127. The maximum absolute atomic E-state index is 12.4. The fraction of sp³-hybridized carbons (Fsp3) is 0.359. The maximum atomic E-state index is 12.4. The number of carbonyl (C=O) groups excluding carboxylic acids is 1. The topological polar surface area (TPSA) is 169 Å². The molecule has 244 valence electrons. The van der Waals surface area contributed by atoms with Crippen LogP contribution in [0.25, 0.3) is 0 Å². The molecule has 0 saturated carbocycles. The van der Waals surface area contributed by atoms with Crippen LogP contribution in [-0.4, -0.2) is 98.7 Å². The molecule has 10 heteroatoms. The molecule has 1 aliphatic heterocycles. The van der Waals surface area contributed by atoms with Crippen molar-refractivity contribution in [3.05, 3.63) is 0 Å². The van der Waals surface area contributed by atoms with E-state index in [-0.39, 0.29) is 6.42 Å². The van der Waals surface area contributed by atoms with Crippen LogP contribution >= 0.6 is 0 Å². The van der Waals surface area contributed by atoms with E-state index in [9.17, 15) is 35.4 Å². The van der Waals surface area contributed by atoms with Crippen molar-refractivity contribution in [2.45, 2.75) is 75.6 Å². The minimum absolute atomic E-state index is 0.206. The van der Waals surface area contributed by atoms with Gasteiger partial charge in [-0.2, -0.15) is 0 Å². The number of amides is 1. The van der Waals surface area contributed by atoms with Gasteiger partial charge in [-0.25, -0.2) is 0 Å². The molecule has 0 aromatic carbocycles. The number of carbonyl (C=O) groups is 1. The van der Waals surface area contributed by atoms with Gasteiger partial charge < -0.3 is 45.4 Å². The van der Waals surface area contributed by atoms with Crippen molar-refractivity contribution < 1.29 is 44.9 Å². The van der Waals surface area contributed by atoms with E-state index in [0.29, 0.717) is 6.42 Å². The van der Waals surface area contributed by atoms with Gasteiger partial charge in [-0.05, 0) is 108 Å². The highest BCUT2D eigenvalue weighted by molar-refractivity contribution is 5.94. The largest absolute Gasteiger partial charge is 0.394 e. The summed E-state index contributed by atoms with van der Waals surface area (Å²) in [6.45, 7) is 2.29. The first kappa shape index (κ1) is 40.9. The van der Waals surface area contributed by atoms with Crippen molar-refractivity contribution in [2.75, 3.05) is 13.2 Å². The number of aliphatic hydroxyl groups is 6. The lowest BCUT2D eigenvalue weighted by Crippen LogP contribution is -2.60. The average molecular weight is 656 g/mol. The van der Waals surface area contributed by atoms with Crippen LogP contribution in [0.2, 0.25) is 0 Å². The molecule has 1 heterocycles. The SMILES string of the molecule is CC#CC#CC#CC#CC#CC#CC#CC#CC#CC#CC#CC#CC(=O)N[C@@H](COC1OC(CO)C(O)C(O)C1O)[C@H](O)[C@H](O)CCC. The van der Waals surface area contributed by atoms with Gasteiger partial charge in [0.15, 0.2) is 6.29 Å². The van der Waals surface area contributed by atoms with E-state index >= 15 is 0 Å². The van der Waals surface area contributed by atoms with Crippen molar-refractivity contribution >= 4 is 5.91 Å². The van der Waals surface area contributed by atoms with Gasteiger partial charge >= 0.3 is 0 Å². The Hall–Kier alpha value is -6.13. The second-order valence-corrected chi connectivity index (χ2v) is 9.08. The van der Waals surface area contributed by atoms with E-state index in [1.54, 1.807) is 13.8 Å². The zero-order valence-electron chi connectivity index (χ0n) is 26.4. The Balaban J connectivity index is 2.70. The summed E-state index contributed by atoms with van der Waals surface area (Å²) in [6.07, 6.45) is -9.72. The predicted octanol–water partition coefficient (Wildman–Crippen LogP) is -3.13. The van der Waals surface area contributed by atoms with Gasteiger partial charge in [-0.15, -0.1) is 0 Å². The lowest BCUT2D eigenvalue weighted by molar-refractivity contribution is -0.303. The minimum atomic E-state index is -1.70. The molecule has 10 nitrogen and oxygen atoms in total. The van der Waals surface area contributed by atoms with Gasteiger partial charge in [0.05, 0.1) is 25.4 Å². The van der Waals surface area contributed by atoms with Crippen LogP contribution in [0.4, 0.5) is 0 Å². The summed E-state index contributed by atoms with van der Waals surface area (Å²) >= 11 is 0. The molecule has 0 radical (unpaired) electrons. The van der Waals surface area contributed by atoms with Gasteiger partial charge in [0.2, 0.25) is 0 Å². The van der Waals surface area contributed by atoms with Crippen LogP contribution in [0.15, 0.2) is 0 Å². The predicted molar refractivity (Wildman–Crippen MR) is 178 cm³/mol. The summed E-state index contributed by atoms with van der Waals surface area (Å²) in [7, 11) is 0. The molecule has 1 aliphatic rings. The highest BCUT2D eigenvalue weighted by Crippen LogP contribution is 2.22. The number of rotatable bonds is 9. The van der Waals surface area contributed by atoms with Crippen LogP contribution in [0, 0.1) is 142 Å². The summed E-state index contributed by atoms with van der Waals surface area (Å²) in [6, 6.07) is -1.23. The molecule has 1 saturated heterocycles. The zero-order valence-corrected chi connectivity index (χ0v) is 26.4. The highest BCUT2D eigenvalue weighted by atomic mass is 16.7. The van der Waals surface area contributed by atoms with Gasteiger partial charge in [0.1, 0.15) is 30.5 Å². The summed E-state index contributed by atoms with van der Waals surface area (Å²) in [5.41, 5.74) is 0. The second-order valence-electron chi connectivity index (χ2n) is 9.08. The number of hydrogen-bond acceptors (Lipinski definition) is 9. The van der Waals surface area contributed by atoms with Crippen molar-refractivity contribution in [3.8, 4) is 142 Å². The van der Waals surface area contributed by atoms with Gasteiger partial charge in [-0.3, -0.25) is 4.79 Å². The summed E-state index contributed by atoms with van der Waals surface area (Å²) < 4.78 is 10.7. The van der Waals surface area contributed by atoms with Crippen LogP contribution < -0.4 is 5.32 Å². The molecule has 1 rings (SSSR count). The number of nitrogens with one attached hydrogen (secondary N) is 1. The Bertz CT molecular complexity index is 1950. The molecule has 0 aromatic heterocycles. The van der Waals surface area contributed by atoms with Gasteiger partial charge in [-0.1, -0.05) is 19.3 Å². The van der Waals surface area contributed by atoms with E-state index in [1.807, 2.05) is 0 Å². The van der Waals surface area contributed by atoms with Crippen molar-refractivity contribution in [3.63, 3.8) is 0 Å². The van der Waals surface area contributed by atoms with Gasteiger partial charge in [0, 0.05) is 41.4 Å². The molecular formula is C39H29NO9. The molecule has 7 N–H and O–H groups in total. The Morgan fingerprint density at radius 3 is 1.53 bits per heavy atom. The standard InChI is InChI=1S/C39H29NO9/c1-3-5-6-7-8-9-10-11-12-13-14-15-16-17-18-19-20-21-22-23-24-25-26-28-34(43)40-31(35(44)32(42)27-4-2)30-48-39-38(47)37(46)36(45)33(29-41)49-39/h31-33,35-39,41-42,44-47H,4,27,29-30H2,1-2H3,(H,40,43)/t31-,32+,33?,35-,36?,37?,38?,39?/m0/s1. The first-order chi connectivity index (χ1) is 23.8. The van der Waals surface area contributed by atoms with Crippen LogP contribution in [0.1, 0.15) is 26.7 Å². The lowest BCUT2D eigenvalue weighted by Gasteiger charge is -2.40. The molecule has 0 aromatic rings. The number of aliphatic hydroxyl groups excluding tert-OH is 6. The average Bonchev–Trinajstić information content (AvgIpc) is 3.09. The minimum Gasteiger partial charge on any atom is -0.394 e. The van der Waals surface area contributed by atoms with Crippen LogP contribution in [0.3, 0.4) is 0 Å². The Labute approximate surface area is 286 Å². The van der Waals surface area contributed by atoms with E-state index < -0.39 is 68.1 Å². The van der Waals surface area contributed by atoms with E-state index in [0.717, 1.165) is 0 Å². The summed E-state index contributed by atoms with van der Waals surface area (Å²) in [4.78, 5) is 12.4. The molecule has 1 fully saturated rings. The number of ether oxygens (including phenoxy) is 2. The molecule has 1 amide bonds. The fourth-order valence-corrected chi connectivity index (χ4v) is 3.34. The van der Waals surface area contributed by atoms with Crippen molar-refractivity contribution in [1.82, 2.24) is 5.32 Å². The monoisotopic (exact) mass is 655 g/mol. The van der Waals surface area contributed by atoms with Crippen LogP contribution in [0.5, 0.6) is 0 Å². The lowest BCUT2D eigenvalue weighted by atomic mass is 9.99. The Kier molecular flexibility index (Phi) is 21.7. The van der Waals surface area contributed by atoms with Crippen molar-refractivity contribution in [2.24, 2.45) is 0 Å². The maximum Gasteiger partial charge on any atom is 0.297 e. The number of hydrogen-bond donors (Lipinski definition) is 7. The Morgan fingerprint density at radius 2 is 1.12 bits per heavy atom. The van der Waals surface area contributed by atoms with Crippen molar-refractivity contribution in [1.29, 1.82) is 0 Å². The van der Waals surface area contributed by atoms with E-state index in [4.69, 9.17) is 9.47 Å². The second kappa shape index (κ2) is 26.0. The molecule has 0 spiro atoms. The normalized spacial score (nSPS) is 19.1. The summed E-state index contributed by atoms with van der Waals surface area (Å²) in [5.74, 6) is 57.9. The molecular weight excluding hydrogens is 626 g/mol. The summed E-state index contributed by atoms with van der Waals surface area (Å²) in [5, 5.41) is 62.6. The first-order valence-electron chi connectivity index (χ1n) is 14.3. The highest BCUT2D eigenvalue weighted by Gasteiger charge is 2.44. The molecule has 5 unspecified atom stereocenters. The van der Waals surface area contributed by atoms with Crippen LogP contribution in [-0.2, 0) is 14.3 Å². The first-order valence-corrected chi connectivity index (χ1v) is 14.3. The third-order valence-corrected chi connectivity index (χ3v) is 5.61.